The summed E-state index contributed by atoms with van der Waals surface area (Å²) < 4.78 is 5.11. The highest BCUT2D eigenvalue weighted by Crippen LogP contribution is 2.17. The van der Waals surface area contributed by atoms with Gasteiger partial charge in [-0.2, -0.15) is 0 Å². The van der Waals surface area contributed by atoms with Gasteiger partial charge < -0.3 is 15.4 Å². The van der Waals surface area contributed by atoms with Gasteiger partial charge in [0.2, 0.25) is 0 Å². The molecule has 0 aliphatic rings. The van der Waals surface area contributed by atoms with Crippen LogP contribution in [0.4, 0.5) is 5.69 Å². The van der Waals surface area contributed by atoms with Crippen molar-refractivity contribution >= 4 is 11.6 Å². The predicted molar refractivity (Wildman–Crippen MR) is 78.7 cm³/mol. The molecule has 2 N–H and O–H groups in total. The molecule has 1 rings (SSSR count). The number of hydrogen-bond acceptors (Lipinski definition) is 3. The van der Waals surface area contributed by atoms with Gasteiger partial charge in [-0.1, -0.05) is 6.92 Å². The summed E-state index contributed by atoms with van der Waals surface area (Å²) >= 11 is 0. The first kappa shape index (κ1) is 15.5. The van der Waals surface area contributed by atoms with Crippen LogP contribution in [0.2, 0.25) is 0 Å². The Labute approximate surface area is 115 Å². The SMILES string of the molecule is CCNC(=O)c1ccc(NCC(C)COC)c(C)c1. The number of aryl methyl sites for hydroxylation is 1. The number of anilines is 1. The quantitative estimate of drug-likeness (QED) is 0.795. The normalized spacial score (nSPS) is 12.0. The lowest BCUT2D eigenvalue weighted by Crippen LogP contribution is -2.22. The van der Waals surface area contributed by atoms with Crippen LogP contribution in [-0.4, -0.2) is 32.7 Å². The van der Waals surface area contributed by atoms with Crippen LogP contribution in [0.15, 0.2) is 18.2 Å². The Morgan fingerprint density at radius 1 is 1.42 bits per heavy atom. The van der Waals surface area contributed by atoms with Gasteiger partial charge in [-0.3, -0.25) is 4.79 Å². The molecule has 0 aromatic heterocycles. The third-order valence-corrected chi connectivity index (χ3v) is 2.92. The van der Waals surface area contributed by atoms with Gasteiger partial charge in [-0.25, -0.2) is 0 Å². The van der Waals surface area contributed by atoms with Crippen molar-refractivity contribution in [2.75, 3.05) is 32.1 Å². The number of nitrogens with one attached hydrogen (secondary N) is 2. The first-order valence-electron chi connectivity index (χ1n) is 6.70. The zero-order chi connectivity index (χ0) is 14.3. The van der Waals surface area contributed by atoms with E-state index in [-0.39, 0.29) is 5.91 Å². The summed E-state index contributed by atoms with van der Waals surface area (Å²) in [5.41, 5.74) is 2.85. The molecule has 19 heavy (non-hydrogen) atoms. The Kier molecular flexibility index (Phi) is 6.36. The van der Waals surface area contributed by atoms with Crippen LogP contribution >= 0.6 is 0 Å². The minimum Gasteiger partial charge on any atom is -0.384 e. The first-order valence-corrected chi connectivity index (χ1v) is 6.70. The van der Waals surface area contributed by atoms with E-state index in [9.17, 15) is 4.79 Å². The van der Waals surface area contributed by atoms with E-state index < -0.39 is 0 Å². The standard InChI is InChI=1S/C15H24N2O2/c1-5-16-15(18)13-6-7-14(12(3)8-13)17-9-11(2)10-19-4/h6-8,11,17H,5,9-10H2,1-4H3,(H,16,18). The van der Waals surface area contributed by atoms with Crippen LogP contribution in [0, 0.1) is 12.8 Å². The molecule has 0 aliphatic heterocycles. The fraction of sp³-hybridized carbons (Fsp3) is 0.533. The van der Waals surface area contributed by atoms with Crippen molar-refractivity contribution in [2.45, 2.75) is 20.8 Å². The summed E-state index contributed by atoms with van der Waals surface area (Å²) in [6.07, 6.45) is 0. The molecule has 4 heteroatoms. The lowest BCUT2D eigenvalue weighted by molar-refractivity contribution is 0.0956. The first-order chi connectivity index (χ1) is 9.08. The molecule has 1 atom stereocenters. The van der Waals surface area contributed by atoms with E-state index in [2.05, 4.69) is 17.6 Å². The molecule has 1 unspecified atom stereocenters. The summed E-state index contributed by atoms with van der Waals surface area (Å²) in [7, 11) is 1.71. The van der Waals surface area contributed by atoms with Crippen LogP contribution in [0.5, 0.6) is 0 Å². The minimum atomic E-state index is -0.0232. The van der Waals surface area contributed by atoms with E-state index >= 15 is 0 Å². The van der Waals surface area contributed by atoms with E-state index in [1.54, 1.807) is 7.11 Å². The zero-order valence-corrected chi connectivity index (χ0v) is 12.2. The van der Waals surface area contributed by atoms with Gasteiger partial charge in [-0.15, -0.1) is 0 Å². The van der Waals surface area contributed by atoms with Crippen molar-refractivity contribution in [1.29, 1.82) is 0 Å². The second kappa shape index (κ2) is 7.79. The van der Waals surface area contributed by atoms with Crippen molar-refractivity contribution in [3.05, 3.63) is 29.3 Å². The van der Waals surface area contributed by atoms with Crippen molar-refractivity contribution in [1.82, 2.24) is 5.32 Å². The van der Waals surface area contributed by atoms with E-state index in [1.807, 2.05) is 32.0 Å². The molecule has 0 saturated carbocycles. The van der Waals surface area contributed by atoms with Crippen molar-refractivity contribution < 1.29 is 9.53 Å². The second-order valence-electron chi connectivity index (χ2n) is 4.83. The van der Waals surface area contributed by atoms with Crippen LogP contribution in [0.25, 0.3) is 0 Å². The highest BCUT2D eigenvalue weighted by Gasteiger charge is 2.07. The maximum atomic E-state index is 11.7. The maximum Gasteiger partial charge on any atom is 0.251 e. The molecule has 0 spiro atoms. The minimum absolute atomic E-state index is 0.0232. The number of benzene rings is 1. The topological polar surface area (TPSA) is 50.4 Å². The van der Waals surface area contributed by atoms with Gasteiger partial charge in [0.25, 0.3) is 5.91 Å². The van der Waals surface area contributed by atoms with Crippen molar-refractivity contribution in [3.8, 4) is 0 Å². The lowest BCUT2D eigenvalue weighted by Gasteiger charge is -2.15. The zero-order valence-electron chi connectivity index (χ0n) is 12.2. The van der Waals surface area contributed by atoms with Crippen molar-refractivity contribution in [3.63, 3.8) is 0 Å². The molecule has 0 saturated heterocycles. The molecule has 0 aliphatic carbocycles. The van der Waals surface area contributed by atoms with Crippen molar-refractivity contribution in [2.24, 2.45) is 5.92 Å². The lowest BCUT2D eigenvalue weighted by atomic mass is 10.1. The average Bonchev–Trinajstić information content (AvgIpc) is 2.38. The van der Waals surface area contributed by atoms with Crippen LogP contribution in [0.3, 0.4) is 0 Å². The fourth-order valence-electron chi connectivity index (χ4n) is 1.89. The number of amides is 1. The molecule has 1 amide bonds. The molecule has 1 aromatic carbocycles. The monoisotopic (exact) mass is 264 g/mol. The Balaban J connectivity index is 2.64. The number of carbonyl (C=O) groups is 1. The molecule has 1 aromatic rings. The van der Waals surface area contributed by atoms with E-state index in [4.69, 9.17) is 4.74 Å². The summed E-state index contributed by atoms with van der Waals surface area (Å²) in [5, 5.41) is 6.18. The Hall–Kier alpha value is -1.55. The van der Waals surface area contributed by atoms with Gasteiger partial charge in [0, 0.05) is 31.5 Å². The molecular formula is C15H24N2O2. The third-order valence-electron chi connectivity index (χ3n) is 2.92. The van der Waals surface area contributed by atoms with Crippen LogP contribution in [-0.2, 0) is 4.74 Å². The second-order valence-corrected chi connectivity index (χ2v) is 4.83. The Bertz CT molecular complexity index is 419. The van der Waals surface area contributed by atoms with Crippen LogP contribution < -0.4 is 10.6 Å². The third kappa shape index (κ3) is 4.91. The number of hydrogen-bond donors (Lipinski definition) is 2. The van der Waals surface area contributed by atoms with Gasteiger partial charge >= 0.3 is 0 Å². The molecular weight excluding hydrogens is 240 g/mol. The number of methoxy groups -OCH3 is 1. The highest BCUT2D eigenvalue weighted by molar-refractivity contribution is 5.94. The largest absolute Gasteiger partial charge is 0.384 e. The number of rotatable bonds is 7. The summed E-state index contributed by atoms with van der Waals surface area (Å²) in [6.45, 7) is 8.30. The predicted octanol–water partition coefficient (Wildman–Crippen LogP) is 2.44. The number of carbonyl (C=O) groups excluding carboxylic acids is 1. The Morgan fingerprint density at radius 3 is 2.74 bits per heavy atom. The van der Waals surface area contributed by atoms with E-state index in [0.29, 0.717) is 18.0 Å². The average molecular weight is 264 g/mol. The fourth-order valence-corrected chi connectivity index (χ4v) is 1.89. The highest BCUT2D eigenvalue weighted by atomic mass is 16.5. The molecule has 0 heterocycles. The van der Waals surface area contributed by atoms with Gasteiger partial charge in [0.1, 0.15) is 0 Å². The van der Waals surface area contributed by atoms with Gasteiger partial charge in [0.05, 0.1) is 6.61 Å². The maximum absolute atomic E-state index is 11.7. The Morgan fingerprint density at radius 2 is 2.16 bits per heavy atom. The molecule has 0 radical (unpaired) electrons. The smallest absolute Gasteiger partial charge is 0.251 e. The molecule has 0 fully saturated rings. The van der Waals surface area contributed by atoms with Gasteiger partial charge in [-0.05, 0) is 43.5 Å². The van der Waals surface area contributed by atoms with E-state index in [1.165, 1.54) is 0 Å². The van der Waals surface area contributed by atoms with Crippen LogP contribution in [0.1, 0.15) is 29.8 Å². The summed E-state index contributed by atoms with van der Waals surface area (Å²) in [6, 6.07) is 5.72. The van der Waals surface area contributed by atoms with E-state index in [0.717, 1.165) is 24.4 Å². The molecule has 0 bridgehead atoms. The molecule has 4 nitrogen and oxygen atoms in total. The number of ether oxygens (including phenoxy) is 1. The summed E-state index contributed by atoms with van der Waals surface area (Å²) in [4.78, 5) is 11.7. The summed E-state index contributed by atoms with van der Waals surface area (Å²) in [5.74, 6) is 0.428. The van der Waals surface area contributed by atoms with Gasteiger partial charge in [0.15, 0.2) is 0 Å². The molecule has 106 valence electrons.